The summed E-state index contributed by atoms with van der Waals surface area (Å²) >= 11 is 0. The van der Waals surface area contributed by atoms with Crippen LogP contribution in [0.2, 0.25) is 0 Å². The average Bonchev–Trinajstić information content (AvgIpc) is 2.16. The highest BCUT2D eigenvalue weighted by Gasteiger charge is 2.31. The fraction of sp³-hybridized carbons (Fsp3) is 0.917. The molecular formula is C12H26N2O2. The molecule has 3 atom stereocenters. The standard InChI is InChI=1S/C12H26N2O2/c1-6-9(2)8-14(5)10(3)7-12(4,13)11(15)16/h9-10H,6-8,13H2,1-5H3,(H,15,16). The Hall–Kier alpha value is -0.610. The molecule has 96 valence electrons. The maximum Gasteiger partial charge on any atom is 0.323 e. The Bertz CT molecular complexity index is 229. The van der Waals surface area contributed by atoms with Gasteiger partial charge in [0.2, 0.25) is 0 Å². The number of nitrogens with zero attached hydrogens (tertiary/aromatic N) is 1. The largest absolute Gasteiger partial charge is 0.480 e. The number of carboxylic acid groups (broad SMARTS) is 1. The Labute approximate surface area is 98.8 Å². The van der Waals surface area contributed by atoms with Crippen molar-refractivity contribution in [1.29, 1.82) is 0 Å². The highest BCUT2D eigenvalue weighted by Crippen LogP contribution is 2.15. The summed E-state index contributed by atoms with van der Waals surface area (Å²) in [5, 5.41) is 8.96. The van der Waals surface area contributed by atoms with Crippen molar-refractivity contribution >= 4 is 5.97 Å². The van der Waals surface area contributed by atoms with Gasteiger partial charge in [0.15, 0.2) is 0 Å². The number of hydrogen-bond donors (Lipinski definition) is 2. The number of aliphatic carboxylic acids is 1. The quantitative estimate of drug-likeness (QED) is 0.696. The summed E-state index contributed by atoms with van der Waals surface area (Å²) in [6, 6.07) is 0.181. The van der Waals surface area contributed by atoms with E-state index in [2.05, 4.69) is 18.7 Å². The molecule has 0 aromatic rings. The van der Waals surface area contributed by atoms with E-state index in [0.717, 1.165) is 13.0 Å². The minimum Gasteiger partial charge on any atom is -0.480 e. The van der Waals surface area contributed by atoms with Crippen LogP contribution < -0.4 is 5.73 Å². The van der Waals surface area contributed by atoms with Gasteiger partial charge in [-0.15, -0.1) is 0 Å². The van der Waals surface area contributed by atoms with Crippen LogP contribution >= 0.6 is 0 Å². The number of hydrogen-bond acceptors (Lipinski definition) is 3. The van der Waals surface area contributed by atoms with Crippen LogP contribution in [0.3, 0.4) is 0 Å². The predicted molar refractivity (Wildman–Crippen MR) is 66.4 cm³/mol. The van der Waals surface area contributed by atoms with Crippen LogP contribution in [0.25, 0.3) is 0 Å². The first-order chi connectivity index (χ1) is 7.20. The summed E-state index contributed by atoms with van der Waals surface area (Å²) in [4.78, 5) is 13.1. The second-order valence-electron chi connectivity index (χ2n) is 5.23. The van der Waals surface area contributed by atoms with E-state index >= 15 is 0 Å². The maximum atomic E-state index is 10.9. The van der Waals surface area contributed by atoms with Crippen molar-refractivity contribution in [2.45, 2.75) is 52.1 Å². The first kappa shape index (κ1) is 15.4. The number of nitrogens with two attached hydrogens (primary N) is 1. The van der Waals surface area contributed by atoms with Gasteiger partial charge in [0.05, 0.1) is 0 Å². The Morgan fingerprint density at radius 3 is 2.38 bits per heavy atom. The molecule has 0 aromatic heterocycles. The van der Waals surface area contributed by atoms with Gasteiger partial charge in [-0.1, -0.05) is 20.3 Å². The summed E-state index contributed by atoms with van der Waals surface area (Å²) in [5.41, 5.74) is 4.60. The first-order valence-electron chi connectivity index (χ1n) is 5.93. The highest BCUT2D eigenvalue weighted by molar-refractivity contribution is 5.77. The lowest BCUT2D eigenvalue weighted by Crippen LogP contribution is -2.50. The van der Waals surface area contributed by atoms with Crippen LogP contribution in [0, 0.1) is 5.92 Å². The van der Waals surface area contributed by atoms with Crippen molar-refractivity contribution in [3.8, 4) is 0 Å². The summed E-state index contributed by atoms with van der Waals surface area (Å²) in [7, 11) is 2.02. The van der Waals surface area contributed by atoms with Gasteiger partial charge in [-0.3, -0.25) is 4.79 Å². The van der Waals surface area contributed by atoms with Gasteiger partial charge in [0.1, 0.15) is 5.54 Å². The van der Waals surface area contributed by atoms with Gasteiger partial charge in [0.25, 0.3) is 0 Å². The van der Waals surface area contributed by atoms with Gasteiger partial charge in [-0.25, -0.2) is 0 Å². The lowest BCUT2D eigenvalue weighted by Gasteiger charge is -2.31. The maximum absolute atomic E-state index is 10.9. The Morgan fingerprint density at radius 1 is 1.50 bits per heavy atom. The van der Waals surface area contributed by atoms with Gasteiger partial charge < -0.3 is 15.7 Å². The molecule has 0 aliphatic rings. The topological polar surface area (TPSA) is 66.6 Å². The van der Waals surface area contributed by atoms with E-state index in [0.29, 0.717) is 12.3 Å². The van der Waals surface area contributed by atoms with E-state index in [9.17, 15) is 4.79 Å². The SMILES string of the molecule is CCC(C)CN(C)C(C)CC(C)(N)C(=O)O. The molecule has 0 aliphatic carbocycles. The van der Waals surface area contributed by atoms with Crippen LogP contribution in [0.4, 0.5) is 0 Å². The number of carboxylic acids is 1. The zero-order valence-electron chi connectivity index (χ0n) is 11.2. The molecule has 0 aromatic carbocycles. The Morgan fingerprint density at radius 2 is 2.00 bits per heavy atom. The average molecular weight is 230 g/mol. The van der Waals surface area contributed by atoms with E-state index in [4.69, 9.17) is 10.8 Å². The molecule has 3 N–H and O–H groups in total. The Balaban J connectivity index is 4.24. The minimum absolute atomic E-state index is 0.181. The van der Waals surface area contributed by atoms with Gasteiger partial charge in [-0.05, 0) is 33.2 Å². The van der Waals surface area contributed by atoms with Gasteiger partial charge in [0, 0.05) is 12.6 Å². The Kier molecular flexibility index (Phi) is 5.97. The molecular weight excluding hydrogens is 204 g/mol. The third-order valence-electron chi connectivity index (χ3n) is 3.26. The zero-order chi connectivity index (χ0) is 12.9. The fourth-order valence-electron chi connectivity index (χ4n) is 1.66. The second kappa shape index (κ2) is 6.21. The molecule has 16 heavy (non-hydrogen) atoms. The molecule has 3 unspecified atom stereocenters. The predicted octanol–water partition coefficient (Wildman–Crippen LogP) is 1.54. The highest BCUT2D eigenvalue weighted by atomic mass is 16.4. The van der Waals surface area contributed by atoms with E-state index in [1.807, 2.05) is 14.0 Å². The molecule has 0 radical (unpaired) electrons. The molecule has 0 bridgehead atoms. The third-order valence-corrected chi connectivity index (χ3v) is 3.26. The minimum atomic E-state index is -1.14. The van der Waals surface area contributed by atoms with Gasteiger partial charge >= 0.3 is 5.97 Å². The van der Waals surface area contributed by atoms with E-state index < -0.39 is 11.5 Å². The van der Waals surface area contributed by atoms with Crippen molar-refractivity contribution in [3.63, 3.8) is 0 Å². The lowest BCUT2D eigenvalue weighted by molar-refractivity contribution is -0.143. The van der Waals surface area contributed by atoms with Crippen molar-refractivity contribution in [3.05, 3.63) is 0 Å². The fourth-order valence-corrected chi connectivity index (χ4v) is 1.66. The van der Waals surface area contributed by atoms with E-state index in [-0.39, 0.29) is 6.04 Å². The van der Waals surface area contributed by atoms with Crippen LogP contribution in [-0.4, -0.2) is 41.1 Å². The van der Waals surface area contributed by atoms with E-state index in [1.54, 1.807) is 6.92 Å². The van der Waals surface area contributed by atoms with Gasteiger partial charge in [-0.2, -0.15) is 0 Å². The van der Waals surface area contributed by atoms with Crippen molar-refractivity contribution in [1.82, 2.24) is 4.90 Å². The van der Waals surface area contributed by atoms with Crippen LogP contribution in [0.15, 0.2) is 0 Å². The van der Waals surface area contributed by atoms with Crippen molar-refractivity contribution in [2.75, 3.05) is 13.6 Å². The second-order valence-corrected chi connectivity index (χ2v) is 5.23. The van der Waals surface area contributed by atoms with Crippen LogP contribution in [0.1, 0.15) is 40.5 Å². The van der Waals surface area contributed by atoms with Crippen molar-refractivity contribution in [2.24, 2.45) is 11.7 Å². The molecule has 0 aliphatic heterocycles. The molecule has 4 nitrogen and oxygen atoms in total. The summed E-state index contributed by atoms with van der Waals surface area (Å²) < 4.78 is 0. The molecule has 0 saturated heterocycles. The van der Waals surface area contributed by atoms with Crippen LogP contribution in [0.5, 0.6) is 0 Å². The zero-order valence-corrected chi connectivity index (χ0v) is 11.2. The third kappa shape index (κ3) is 4.94. The normalized spacial score (nSPS) is 19.2. The molecule has 4 heteroatoms. The summed E-state index contributed by atoms with van der Waals surface area (Å²) in [6.45, 7) is 8.93. The molecule has 0 spiro atoms. The first-order valence-corrected chi connectivity index (χ1v) is 5.93. The summed E-state index contributed by atoms with van der Waals surface area (Å²) in [6.07, 6.45) is 1.60. The number of rotatable bonds is 7. The molecule has 0 heterocycles. The van der Waals surface area contributed by atoms with Crippen LogP contribution in [-0.2, 0) is 4.79 Å². The molecule has 0 fully saturated rings. The van der Waals surface area contributed by atoms with Crippen molar-refractivity contribution < 1.29 is 9.90 Å². The van der Waals surface area contributed by atoms with E-state index in [1.165, 1.54) is 0 Å². The summed E-state index contributed by atoms with van der Waals surface area (Å²) in [5.74, 6) is -0.308. The monoisotopic (exact) mass is 230 g/mol. The lowest BCUT2D eigenvalue weighted by atomic mass is 9.94. The molecule has 0 saturated carbocycles. The molecule has 0 rings (SSSR count). The number of carbonyl (C=O) groups is 1. The smallest absolute Gasteiger partial charge is 0.323 e. The molecule has 0 amide bonds.